The number of ketones is 1. The molecule has 2 aromatic heterocycles. The molecule has 5 aromatic rings. The molecule has 3 aromatic carbocycles. The van der Waals surface area contributed by atoms with Gasteiger partial charge in [0.2, 0.25) is 0 Å². The predicted octanol–water partition coefficient (Wildman–Crippen LogP) is 5.21. The van der Waals surface area contributed by atoms with Gasteiger partial charge in [0.1, 0.15) is 0 Å². The molecule has 0 amide bonds. The van der Waals surface area contributed by atoms with Crippen LogP contribution in [0.3, 0.4) is 0 Å². The maximum absolute atomic E-state index is 13.3. The molecule has 5 rings (SSSR count). The lowest BCUT2D eigenvalue weighted by atomic mass is 10.1. The number of hydrogen-bond acceptors (Lipinski definition) is 4. The zero-order valence-corrected chi connectivity index (χ0v) is 18.4. The number of nitrogens with one attached hydrogen (secondary N) is 1. The maximum atomic E-state index is 13.3. The summed E-state index contributed by atoms with van der Waals surface area (Å²) in [7, 11) is 0. The van der Waals surface area contributed by atoms with Crippen molar-refractivity contribution in [3.05, 3.63) is 106 Å². The van der Waals surface area contributed by atoms with Crippen molar-refractivity contribution < 1.29 is 4.79 Å². The van der Waals surface area contributed by atoms with E-state index in [9.17, 15) is 9.59 Å². The number of carbonyl (C=O) groups is 1. The van der Waals surface area contributed by atoms with Crippen LogP contribution in [0.1, 0.15) is 21.5 Å². The predicted molar refractivity (Wildman–Crippen MR) is 130 cm³/mol. The number of fused-ring (bicyclic) bond motifs is 2. The van der Waals surface area contributed by atoms with Crippen LogP contribution in [0.4, 0.5) is 0 Å². The molecule has 0 aliphatic heterocycles. The topological polar surface area (TPSA) is 67.8 Å². The fraction of sp³-hybridized carbons (Fsp3) is 0.115. The van der Waals surface area contributed by atoms with E-state index in [1.54, 1.807) is 16.8 Å². The first-order valence-corrected chi connectivity index (χ1v) is 11.4. The average molecular weight is 440 g/mol. The number of aromatic amines is 1. The van der Waals surface area contributed by atoms with E-state index in [4.69, 9.17) is 4.98 Å². The summed E-state index contributed by atoms with van der Waals surface area (Å²) in [5, 5.41) is 2.02. The number of thioether (sulfide) groups is 1. The molecule has 5 nitrogen and oxygen atoms in total. The van der Waals surface area contributed by atoms with E-state index in [0.29, 0.717) is 28.2 Å². The van der Waals surface area contributed by atoms with Crippen molar-refractivity contribution in [3.63, 3.8) is 0 Å². The van der Waals surface area contributed by atoms with Gasteiger partial charge in [-0.2, -0.15) is 0 Å². The Morgan fingerprint density at radius 3 is 2.50 bits per heavy atom. The minimum atomic E-state index is -0.0989. The average Bonchev–Trinajstić information content (AvgIpc) is 3.25. The summed E-state index contributed by atoms with van der Waals surface area (Å²) in [4.78, 5) is 34.2. The van der Waals surface area contributed by atoms with Crippen molar-refractivity contribution in [2.24, 2.45) is 0 Å². The van der Waals surface area contributed by atoms with E-state index in [1.807, 2.05) is 73.7 Å². The molecular formula is C26H21N3O2S. The molecule has 0 bridgehead atoms. The maximum Gasteiger partial charge on any atom is 0.262 e. The molecule has 1 N–H and O–H groups in total. The third kappa shape index (κ3) is 3.85. The van der Waals surface area contributed by atoms with Crippen molar-refractivity contribution in [1.82, 2.24) is 14.5 Å². The highest BCUT2D eigenvalue weighted by Gasteiger charge is 2.16. The summed E-state index contributed by atoms with van der Waals surface area (Å²) in [6.07, 6.45) is 1.75. The van der Waals surface area contributed by atoms with Gasteiger partial charge in [0.25, 0.3) is 5.56 Å². The zero-order chi connectivity index (χ0) is 22.1. The van der Waals surface area contributed by atoms with Crippen molar-refractivity contribution in [3.8, 4) is 0 Å². The van der Waals surface area contributed by atoms with E-state index < -0.39 is 0 Å². The van der Waals surface area contributed by atoms with Gasteiger partial charge >= 0.3 is 0 Å². The highest BCUT2D eigenvalue weighted by molar-refractivity contribution is 7.99. The van der Waals surface area contributed by atoms with Gasteiger partial charge in [-0.05, 0) is 30.7 Å². The van der Waals surface area contributed by atoms with Crippen LogP contribution in [0.2, 0.25) is 0 Å². The number of nitrogens with zero attached hydrogens (tertiary/aromatic N) is 2. The first kappa shape index (κ1) is 20.3. The van der Waals surface area contributed by atoms with Gasteiger partial charge in [-0.3, -0.25) is 14.2 Å². The van der Waals surface area contributed by atoms with Crippen molar-refractivity contribution in [1.29, 1.82) is 0 Å². The molecule has 0 fully saturated rings. The van der Waals surface area contributed by atoms with Gasteiger partial charge in [-0.15, -0.1) is 0 Å². The lowest BCUT2D eigenvalue weighted by Gasteiger charge is -2.13. The van der Waals surface area contributed by atoms with Gasteiger partial charge in [0.05, 0.1) is 23.2 Å². The number of rotatable bonds is 6. The Morgan fingerprint density at radius 1 is 0.969 bits per heavy atom. The number of aryl methyl sites for hydroxylation is 1. The SMILES string of the molecule is Cc1ccc(Cn2c(SCC(=O)c3c[nH]c4ccccc34)nc3ccccc3c2=O)cc1. The summed E-state index contributed by atoms with van der Waals surface area (Å²) in [6, 6.07) is 23.2. The fourth-order valence-electron chi connectivity index (χ4n) is 3.78. The van der Waals surface area contributed by atoms with E-state index in [1.165, 1.54) is 11.8 Å². The van der Waals surface area contributed by atoms with Gasteiger partial charge in [-0.1, -0.05) is 71.9 Å². The second-order valence-electron chi connectivity index (χ2n) is 7.75. The number of para-hydroxylation sites is 2. The van der Waals surface area contributed by atoms with Crippen LogP contribution >= 0.6 is 11.8 Å². The van der Waals surface area contributed by atoms with Crippen molar-refractivity contribution in [2.45, 2.75) is 18.6 Å². The highest BCUT2D eigenvalue weighted by atomic mass is 32.2. The summed E-state index contributed by atoms with van der Waals surface area (Å²) in [5.74, 6) is 0.192. The van der Waals surface area contributed by atoms with Gasteiger partial charge in [0.15, 0.2) is 10.9 Å². The van der Waals surface area contributed by atoms with Gasteiger partial charge < -0.3 is 4.98 Å². The largest absolute Gasteiger partial charge is 0.360 e. The molecule has 0 aliphatic rings. The molecule has 0 atom stereocenters. The van der Waals surface area contributed by atoms with E-state index >= 15 is 0 Å². The van der Waals surface area contributed by atoms with Gasteiger partial charge in [-0.25, -0.2) is 4.98 Å². The van der Waals surface area contributed by atoms with Gasteiger partial charge in [0, 0.05) is 22.7 Å². The fourth-order valence-corrected chi connectivity index (χ4v) is 4.67. The molecule has 32 heavy (non-hydrogen) atoms. The number of H-pyrrole nitrogens is 1. The van der Waals surface area contributed by atoms with Crippen LogP contribution in [0, 0.1) is 6.92 Å². The molecule has 0 saturated heterocycles. The molecule has 6 heteroatoms. The Kier molecular flexibility index (Phi) is 5.37. The smallest absolute Gasteiger partial charge is 0.262 e. The Labute approximate surface area is 189 Å². The lowest BCUT2D eigenvalue weighted by molar-refractivity contribution is 0.102. The zero-order valence-electron chi connectivity index (χ0n) is 17.5. The molecule has 2 heterocycles. The Balaban J connectivity index is 1.49. The number of hydrogen-bond donors (Lipinski definition) is 1. The monoisotopic (exact) mass is 439 g/mol. The van der Waals surface area contributed by atoms with E-state index in [-0.39, 0.29) is 17.1 Å². The molecule has 158 valence electrons. The Bertz CT molecular complexity index is 1500. The summed E-state index contributed by atoms with van der Waals surface area (Å²) >= 11 is 1.30. The van der Waals surface area contributed by atoms with Crippen LogP contribution in [0.25, 0.3) is 21.8 Å². The molecular weight excluding hydrogens is 418 g/mol. The first-order chi connectivity index (χ1) is 15.6. The Hall–Kier alpha value is -3.64. The minimum absolute atomic E-state index is 0.00302. The Morgan fingerprint density at radius 2 is 1.69 bits per heavy atom. The molecule has 0 saturated carbocycles. The number of benzene rings is 3. The molecule has 0 spiro atoms. The van der Waals surface area contributed by atoms with Crippen LogP contribution in [-0.4, -0.2) is 26.1 Å². The number of carbonyl (C=O) groups excluding carboxylic acids is 1. The lowest BCUT2D eigenvalue weighted by Crippen LogP contribution is -2.24. The van der Waals surface area contributed by atoms with E-state index in [0.717, 1.165) is 22.0 Å². The third-order valence-electron chi connectivity index (χ3n) is 5.51. The summed E-state index contributed by atoms with van der Waals surface area (Å²) in [5.41, 5.74) is 4.30. The van der Waals surface area contributed by atoms with Crippen molar-refractivity contribution >= 4 is 39.4 Å². The first-order valence-electron chi connectivity index (χ1n) is 10.4. The summed E-state index contributed by atoms with van der Waals surface area (Å²) in [6.45, 7) is 2.44. The van der Waals surface area contributed by atoms with Crippen LogP contribution < -0.4 is 5.56 Å². The molecule has 0 radical (unpaired) electrons. The normalized spacial score (nSPS) is 11.3. The van der Waals surface area contributed by atoms with Crippen LogP contribution in [-0.2, 0) is 6.54 Å². The number of Topliss-reactive ketones (excluding diaryl/α,β-unsaturated/α-hetero) is 1. The second-order valence-corrected chi connectivity index (χ2v) is 8.69. The molecule has 0 aliphatic carbocycles. The van der Waals surface area contributed by atoms with Crippen molar-refractivity contribution in [2.75, 3.05) is 5.75 Å². The number of aromatic nitrogens is 3. The standard InChI is InChI=1S/C26H21N3O2S/c1-17-10-12-18(13-11-17)15-29-25(31)20-7-3-5-9-23(20)28-26(29)32-16-24(30)21-14-27-22-8-4-2-6-19(21)22/h2-14,27H,15-16H2,1H3. The molecule has 0 unspecified atom stereocenters. The van der Waals surface area contributed by atoms with E-state index in [2.05, 4.69) is 4.98 Å². The summed E-state index contributed by atoms with van der Waals surface area (Å²) < 4.78 is 1.67. The van der Waals surface area contributed by atoms with Crippen LogP contribution in [0.15, 0.2) is 88.9 Å². The quantitative estimate of drug-likeness (QED) is 0.224. The third-order valence-corrected chi connectivity index (χ3v) is 6.49. The second kappa shape index (κ2) is 8.48. The highest BCUT2D eigenvalue weighted by Crippen LogP contribution is 2.23. The van der Waals surface area contributed by atoms with Crippen LogP contribution in [0.5, 0.6) is 0 Å². The minimum Gasteiger partial charge on any atom is -0.360 e.